The summed E-state index contributed by atoms with van der Waals surface area (Å²) < 4.78 is 0. The van der Waals surface area contributed by atoms with Gasteiger partial charge in [0.1, 0.15) is 0 Å². The summed E-state index contributed by atoms with van der Waals surface area (Å²) in [4.78, 5) is 0. The Morgan fingerprint density at radius 3 is 2.30 bits per heavy atom. The van der Waals surface area contributed by atoms with E-state index in [2.05, 4.69) is 70.2 Å². The van der Waals surface area contributed by atoms with Crippen LogP contribution in [-0.2, 0) is 11.8 Å². The van der Waals surface area contributed by atoms with Crippen LogP contribution in [-0.4, -0.2) is 0 Å². The largest absolute Gasteiger partial charge is 0.0590 e. The third-order valence-electron chi connectivity index (χ3n) is 5.35. The number of hydrogen-bond acceptors (Lipinski definition) is 0. The topological polar surface area (TPSA) is 0 Å². The van der Waals surface area contributed by atoms with Crippen LogP contribution in [0, 0.1) is 13.8 Å². The lowest BCUT2D eigenvalue weighted by Gasteiger charge is -2.42. The average Bonchev–Trinajstić information content (AvgIpc) is 2.44. The van der Waals surface area contributed by atoms with Gasteiger partial charge in [-0.2, -0.15) is 0 Å². The molecule has 0 aliphatic heterocycles. The summed E-state index contributed by atoms with van der Waals surface area (Å²) in [6.45, 7) is 9.19. The highest BCUT2D eigenvalue weighted by molar-refractivity contribution is 5.42. The van der Waals surface area contributed by atoms with Crippen molar-refractivity contribution in [2.24, 2.45) is 0 Å². The van der Waals surface area contributed by atoms with E-state index >= 15 is 0 Å². The van der Waals surface area contributed by atoms with Gasteiger partial charge >= 0.3 is 0 Å². The van der Waals surface area contributed by atoms with Gasteiger partial charge in [0.2, 0.25) is 0 Å². The highest BCUT2D eigenvalue weighted by Gasteiger charge is 2.37. The lowest BCUT2D eigenvalue weighted by Crippen LogP contribution is -2.33. The number of aryl methyl sites for hydroxylation is 3. The van der Waals surface area contributed by atoms with Crippen molar-refractivity contribution in [2.75, 3.05) is 0 Å². The van der Waals surface area contributed by atoms with Gasteiger partial charge in [-0.25, -0.2) is 0 Å². The first-order valence-electron chi connectivity index (χ1n) is 7.67. The van der Waals surface area contributed by atoms with Gasteiger partial charge in [0.05, 0.1) is 0 Å². The van der Waals surface area contributed by atoms with E-state index in [9.17, 15) is 0 Å². The van der Waals surface area contributed by atoms with Crippen molar-refractivity contribution in [3.8, 4) is 0 Å². The van der Waals surface area contributed by atoms with Crippen molar-refractivity contribution in [3.63, 3.8) is 0 Å². The van der Waals surface area contributed by atoms with Gasteiger partial charge in [-0.15, -0.1) is 0 Å². The Kier molecular flexibility index (Phi) is 3.20. The first-order chi connectivity index (χ1) is 9.50. The molecule has 1 aliphatic carbocycles. The van der Waals surface area contributed by atoms with E-state index in [4.69, 9.17) is 0 Å². The second-order valence-electron chi connectivity index (χ2n) is 6.71. The van der Waals surface area contributed by atoms with Gasteiger partial charge in [-0.05, 0) is 54.7 Å². The summed E-state index contributed by atoms with van der Waals surface area (Å²) in [6.07, 6.45) is 2.44. The molecule has 2 unspecified atom stereocenters. The Morgan fingerprint density at radius 1 is 0.950 bits per heavy atom. The van der Waals surface area contributed by atoms with E-state index in [1.165, 1.54) is 29.5 Å². The van der Waals surface area contributed by atoms with Crippen molar-refractivity contribution in [1.29, 1.82) is 0 Å². The number of hydrogen-bond donors (Lipinski definition) is 0. The molecule has 0 heterocycles. The minimum Gasteiger partial charge on any atom is -0.0590 e. The van der Waals surface area contributed by atoms with Crippen molar-refractivity contribution in [2.45, 2.75) is 51.9 Å². The SMILES string of the molecule is Cc1ccc(C2(C)CCc3cc(C)ccc3C2C)cc1. The molecular formula is C20H24. The molecule has 0 N–H and O–H groups in total. The predicted molar refractivity (Wildman–Crippen MR) is 86.4 cm³/mol. The third-order valence-corrected chi connectivity index (χ3v) is 5.35. The molecule has 0 fully saturated rings. The quantitative estimate of drug-likeness (QED) is 0.654. The van der Waals surface area contributed by atoms with E-state index in [1.807, 2.05) is 0 Å². The molecule has 2 aromatic rings. The van der Waals surface area contributed by atoms with Crippen LogP contribution in [0.4, 0.5) is 0 Å². The highest BCUT2D eigenvalue weighted by Crippen LogP contribution is 2.47. The normalized spacial score (nSPS) is 25.3. The molecule has 104 valence electrons. The maximum atomic E-state index is 2.44. The lowest BCUT2D eigenvalue weighted by molar-refractivity contribution is 0.344. The first-order valence-corrected chi connectivity index (χ1v) is 7.67. The minimum absolute atomic E-state index is 0.260. The fourth-order valence-electron chi connectivity index (χ4n) is 3.66. The summed E-state index contributed by atoms with van der Waals surface area (Å²) in [6, 6.07) is 16.1. The predicted octanol–water partition coefficient (Wildman–Crippen LogP) is 5.31. The van der Waals surface area contributed by atoms with E-state index in [0.717, 1.165) is 0 Å². The maximum absolute atomic E-state index is 2.44. The molecule has 20 heavy (non-hydrogen) atoms. The zero-order chi connectivity index (χ0) is 14.3. The van der Waals surface area contributed by atoms with E-state index in [-0.39, 0.29) is 5.41 Å². The molecule has 3 rings (SSSR count). The molecule has 0 saturated heterocycles. The highest BCUT2D eigenvalue weighted by atomic mass is 14.4. The van der Waals surface area contributed by atoms with Gasteiger partial charge in [0.25, 0.3) is 0 Å². The average molecular weight is 264 g/mol. The molecule has 0 heteroatoms. The van der Waals surface area contributed by atoms with Crippen LogP contribution in [0.5, 0.6) is 0 Å². The summed E-state index contributed by atoms with van der Waals surface area (Å²) in [7, 11) is 0. The van der Waals surface area contributed by atoms with Gasteiger partial charge in [-0.1, -0.05) is 67.4 Å². The van der Waals surface area contributed by atoms with Crippen molar-refractivity contribution < 1.29 is 0 Å². The number of rotatable bonds is 1. The Hall–Kier alpha value is -1.56. The van der Waals surface area contributed by atoms with Crippen LogP contribution in [0.15, 0.2) is 42.5 Å². The smallest absolute Gasteiger partial charge is 0.000604 e. The Bertz CT molecular complexity index is 621. The molecule has 0 nitrogen and oxygen atoms in total. The summed E-state index contributed by atoms with van der Waals surface area (Å²) in [5, 5.41) is 0. The van der Waals surface area contributed by atoms with Crippen molar-refractivity contribution in [1.82, 2.24) is 0 Å². The second kappa shape index (κ2) is 4.77. The van der Waals surface area contributed by atoms with E-state index in [1.54, 1.807) is 11.1 Å². The van der Waals surface area contributed by atoms with E-state index in [0.29, 0.717) is 5.92 Å². The van der Waals surface area contributed by atoms with Crippen LogP contribution >= 0.6 is 0 Å². The van der Waals surface area contributed by atoms with Crippen LogP contribution in [0.1, 0.15) is 54.0 Å². The summed E-state index contributed by atoms with van der Waals surface area (Å²) in [5.74, 6) is 0.578. The molecule has 0 radical (unpaired) electrons. The van der Waals surface area contributed by atoms with Crippen LogP contribution in [0.25, 0.3) is 0 Å². The Balaban J connectivity index is 2.04. The fourth-order valence-corrected chi connectivity index (χ4v) is 3.66. The van der Waals surface area contributed by atoms with Crippen LogP contribution < -0.4 is 0 Å². The van der Waals surface area contributed by atoms with Crippen LogP contribution in [0.2, 0.25) is 0 Å². The summed E-state index contributed by atoms with van der Waals surface area (Å²) in [5.41, 5.74) is 7.58. The molecule has 0 bridgehead atoms. The van der Waals surface area contributed by atoms with Gasteiger partial charge < -0.3 is 0 Å². The standard InChI is InChI=1S/C20H24/c1-14-5-8-18(9-6-14)20(4)12-11-17-13-15(2)7-10-19(17)16(20)3/h5-10,13,16H,11-12H2,1-4H3. The van der Waals surface area contributed by atoms with E-state index < -0.39 is 0 Å². The van der Waals surface area contributed by atoms with Gasteiger partial charge in [0, 0.05) is 0 Å². The molecule has 1 aliphatic rings. The Morgan fingerprint density at radius 2 is 1.60 bits per heavy atom. The molecular weight excluding hydrogens is 240 g/mol. The zero-order valence-electron chi connectivity index (χ0n) is 13.0. The molecule has 2 aromatic carbocycles. The molecule has 0 saturated carbocycles. The molecule has 0 amide bonds. The number of benzene rings is 2. The second-order valence-corrected chi connectivity index (χ2v) is 6.71. The molecule has 0 spiro atoms. The first kappa shape index (κ1) is 13.4. The monoisotopic (exact) mass is 264 g/mol. The minimum atomic E-state index is 0.260. The molecule has 0 aromatic heterocycles. The van der Waals surface area contributed by atoms with Gasteiger partial charge in [-0.3, -0.25) is 0 Å². The number of fused-ring (bicyclic) bond motifs is 1. The van der Waals surface area contributed by atoms with Gasteiger partial charge in [0.15, 0.2) is 0 Å². The lowest BCUT2D eigenvalue weighted by atomic mass is 9.62. The summed E-state index contributed by atoms with van der Waals surface area (Å²) >= 11 is 0. The van der Waals surface area contributed by atoms with Crippen molar-refractivity contribution >= 4 is 0 Å². The fraction of sp³-hybridized carbons (Fsp3) is 0.400. The van der Waals surface area contributed by atoms with Crippen LogP contribution in [0.3, 0.4) is 0 Å². The Labute approximate surface area is 122 Å². The maximum Gasteiger partial charge on any atom is -0.000604 e. The third kappa shape index (κ3) is 2.08. The zero-order valence-corrected chi connectivity index (χ0v) is 13.0. The molecule has 2 atom stereocenters. The van der Waals surface area contributed by atoms with Crippen molar-refractivity contribution in [3.05, 3.63) is 70.3 Å².